The van der Waals surface area contributed by atoms with Gasteiger partial charge in [-0.2, -0.15) is 0 Å². The minimum atomic E-state index is -0.469. The average Bonchev–Trinajstić information content (AvgIpc) is 2.79. The molecular formula is C14H22N2O2S. The van der Waals surface area contributed by atoms with Gasteiger partial charge in [-0.25, -0.2) is 0 Å². The van der Waals surface area contributed by atoms with Gasteiger partial charge in [-0.05, 0) is 23.4 Å². The van der Waals surface area contributed by atoms with E-state index in [-0.39, 0.29) is 18.4 Å². The third-order valence-electron chi connectivity index (χ3n) is 2.76. The van der Waals surface area contributed by atoms with Crippen LogP contribution < -0.4 is 10.6 Å². The van der Waals surface area contributed by atoms with E-state index in [2.05, 4.69) is 23.6 Å². The molecule has 1 rings (SSSR count). The molecule has 2 N–H and O–H groups in total. The molecule has 19 heavy (non-hydrogen) atoms. The third-order valence-corrected chi connectivity index (χ3v) is 3.72. The van der Waals surface area contributed by atoms with Gasteiger partial charge in [-0.1, -0.05) is 27.7 Å². The van der Waals surface area contributed by atoms with E-state index in [1.807, 2.05) is 26.2 Å². The van der Waals surface area contributed by atoms with Gasteiger partial charge in [0.25, 0.3) is 0 Å². The lowest BCUT2D eigenvalue weighted by Gasteiger charge is -2.17. The Bertz CT molecular complexity index is 447. The molecule has 1 aromatic heterocycles. The van der Waals surface area contributed by atoms with Crippen LogP contribution in [0.2, 0.25) is 0 Å². The van der Waals surface area contributed by atoms with Crippen molar-refractivity contribution in [1.29, 1.82) is 0 Å². The first-order valence-electron chi connectivity index (χ1n) is 6.44. The second-order valence-electron chi connectivity index (χ2n) is 5.43. The molecule has 0 bridgehead atoms. The molecule has 0 saturated carbocycles. The van der Waals surface area contributed by atoms with E-state index < -0.39 is 5.41 Å². The molecule has 0 saturated heterocycles. The summed E-state index contributed by atoms with van der Waals surface area (Å²) in [5.74, 6) is -0.277. The maximum absolute atomic E-state index is 11.6. The summed E-state index contributed by atoms with van der Waals surface area (Å²) in [5, 5.41) is 7.49. The summed E-state index contributed by atoms with van der Waals surface area (Å²) in [7, 11) is 0. The topological polar surface area (TPSA) is 58.2 Å². The Morgan fingerprint density at radius 1 is 1.26 bits per heavy atom. The van der Waals surface area contributed by atoms with Crippen molar-refractivity contribution in [2.24, 2.45) is 5.41 Å². The second-order valence-corrected chi connectivity index (χ2v) is 6.43. The predicted octanol–water partition coefficient (Wildman–Crippen LogP) is 2.09. The monoisotopic (exact) mass is 282 g/mol. The molecule has 0 aliphatic carbocycles. The van der Waals surface area contributed by atoms with E-state index in [9.17, 15) is 9.59 Å². The molecule has 4 nitrogen and oxygen atoms in total. The van der Waals surface area contributed by atoms with E-state index in [1.54, 1.807) is 11.3 Å². The van der Waals surface area contributed by atoms with Gasteiger partial charge in [-0.15, -0.1) is 11.3 Å². The first-order valence-corrected chi connectivity index (χ1v) is 7.32. The molecule has 0 aliphatic rings. The number of nitrogens with one attached hydrogen (secondary N) is 2. The van der Waals surface area contributed by atoms with Crippen molar-refractivity contribution < 1.29 is 9.59 Å². The summed E-state index contributed by atoms with van der Waals surface area (Å²) in [6, 6.07) is 2.08. The zero-order chi connectivity index (χ0) is 14.5. The fraction of sp³-hybridized carbons (Fsp3) is 0.571. The van der Waals surface area contributed by atoms with Crippen LogP contribution in [0, 0.1) is 5.41 Å². The Hall–Kier alpha value is -1.36. The summed E-state index contributed by atoms with van der Waals surface area (Å²) < 4.78 is 0. The SMILES string of the molecule is CCc1ccsc1CNC(=O)CNC(=O)C(C)(C)C. The van der Waals surface area contributed by atoms with Gasteiger partial charge >= 0.3 is 0 Å². The largest absolute Gasteiger partial charge is 0.350 e. The number of carbonyl (C=O) groups is 2. The number of amides is 2. The normalized spacial score (nSPS) is 11.2. The van der Waals surface area contributed by atoms with E-state index >= 15 is 0 Å². The van der Waals surface area contributed by atoms with Crippen LogP contribution in [0.3, 0.4) is 0 Å². The van der Waals surface area contributed by atoms with Crippen LogP contribution in [0.25, 0.3) is 0 Å². The molecule has 0 fully saturated rings. The van der Waals surface area contributed by atoms with Gasteiger partial charge in [-0.3, -0.25) is 9.59 Å². The molecule has 0 aromatic carbocycles. The summed E-state index contributed by atoms with van der Waals surface area (Å²) >= 11 is 1.64. The molecule has 106 valence electrons. The van der Waals surface area contributed by atoms with E-state index in [0.717, 1.165) is 6.42 Å². The van der Waals surface area contributed by atoms with Crippen molar-refractivity contribution in [2.45, 2.75) is 40.7 Å². The highest BCUT2D eigenvalue weighted by Crippen LogP contribution is 2.16. The van der Waals surface area contributed by atoms with Crippen molar-refractivity contribution in [3.63, 3.8) is 0 Å². The Kier molecular flexibility index (Phi) is 5.54. The molecule has 0 atom stereocenters. The lowest BCUT2D eigenvalue weighted by Crippen LogP contribution is -2.41. The Balaban J connectivity index is 2.35. The summed E-state index contributed by atoms with van der Waals surface area (Å²) in [4.78, 5) is 24.4. The Morgan fingerprint density at radius 3 is 2.53 bits per heavy atom. The van der Waals surface area contributed by atoms with Crippen LogP contribution in [-0.2, 0) is 22.6 Å². The van der Waals surface area contributed by atoms with Gasteiger partial charge < -0.3 is 10.6 Å². The molecule has 0 spiro atoms. The van der Waals surface area contributed by atoms with Gasteiger partial charge in [0.05, 0.1) is 13.1 Å². The fourth-order valence-electron chi connectivity index (χ4n) is 1.50. The predicted molar refractivity (Wildman–Crippen MR) is 78.0 cm³/mol. The first-order chi connectivity index (χ1) is 8.84. The minimum Gasteiger partial charge on any atom is -0.350 e. The fourth-order valence-corrected chi connectivity index (χ4v) is 2.42. The molecular weight excluding hydrogens is 260 g/mol. The summed E-state index contributed by atoms with van der Waals surface area (Å²) in [5.41, 5.74) is 0.799. The zero-order valence-electron chi connectivity index (χ0n) is 12.0. The number of thiophene rings is 1. The molecule has 0 radical (unpaired) electrons. The number of aryl methyl sites for hydroxylation is 1. The van der Waals surface area contributed by atoms with Gasteiger partial charge in [0, 0.05) is 10.3 Å². The van der Waals surface area contributed by atoms with Crippen LogP contribution in [-0.4, -0.2) is 18.4 Å². The smallest absolute Gasteiger partial charge is 0.239 e. The standard InChI is InChI=1S/C14H22N2O2S/c1-5-10-6-7-19-11(10)8-15-12(17)9-16-13(18)14(2,3)4/h6-7H,5,8-9H2,1-4H3,(H,15,17)(H,16,18). The van der Waals surface area contributed by atoms with Crippen LogP contribution in [0.5, 0.6) is 0 Å². The van der Waals surface area contributed by atoms with Crippen LogP contribution in [0.1, 0.15) is 38.1 Å². The lowest BCUT2D eigenvalue weighted by atomic mass is 9.96. The van der Waals surface area contributed by atoms with E-state index in [0.29, 0.717) is 6.54 Å². The molecule has 1 heterocycles. The van der Waals surface area contributed by atoms with Gasteiger partial charge in [0.1, 0.15) is 0 Å². The Morgan fingerprint density at radius 2 is 1.95 bits per heavy atom. The lowest BCUT2D eigenvalue weighted by molar-refractivity contribution is -0.131. The first kappa shape index (κ1) is 15.7. The summed E-state index contributed by atoms with van der Waals surface area (Å²) in [6.07, 6.45) is 0.968. The van der Waals surface area contributed by atoms with Crippen molar-refractivity contribution in [2.75, 3.05) is 6.54 Å². The van der Waals surface area contributed by atoms with Gasteiger partial charge in [0.2, 0.25) is 11.8 Å². The van der Waals surface area contributed by atoms with E-state index in [4.69, 9.17) is 0 Å². The Labute approximate surface area is 118 Å². The van der Waals surface area contributed by atoms with Crippen LogP contribution in [0.15, 0.2) is 11.4 Å². The van der Waals surface area contributed by atoms with Crippen molar-refractivity contribution in [1.82, 2.24) is 10.6 Å². The number of rotatable bonds is 5. The number of carbonyl (C=O) groups excluding carboxylic acids is 2. The number of hydrogen-bond donors (Lipinski definition) is 2. The maximum atomic E-state index is 11.6. The second kappa shape index (κ2) is 6.70. The van der Waals surface area contributed by atoms with Crippen LogP contribution in [0.4, 0.5) is 0 Å². The maximum Gasteiger partial charge on any atom is 0.239 e. The van der Waals surface area contributed by atoms with Crippen molar-refractivity contribution >= 4 is 23.2 Å². The zero-order valence-corrected chi connectivity index (χ0v) is 12.8. The van der Waals surface area contributed by atoms with E-state index in [1.165, 1.54) is 10.4 Å². The third kappa shape index (κ3) is 5.03. The van der Waals surface area contributed by atoms with Crippen molar-refractivity contribution in [3.05, 3.63) is 21.9 Å². The molecule has 1 aromatic rings. The minimum absolute atomic E-state index is 0.0307. The average molecular weight is 282 g/mol. The highest BCUT2D eigenvalue weighted by molar-refractivity contribution is 7.10. The van der Waals surface area contributed by atoms with Crippen LogP contribution >= 0.6 is 11.3 Å². The number of hydrogen-bond acceptors (Lipinski definition) is 3. The molecule has 0 unspecified atom stereocenters. The molecule has 5 heteroatoms. The highest BCUT2D eigenvalue weighted by Gasteiger charge is 2.21. The summed E-state index contributed by atoms with van der Waals surface area (Å²) in [6.45, 7) is 8.11. The molecule has 0 aliphatic heterocycles. The quantitative estimate of drug-likeness (QED) is 0.869. The van der Waals surface area contributed by atoms with Crippen molar-refractivity contribution in [3.8, 4) is 0 Å². The highest BCUT2D eigenvalue weighted by atomic mass is 32.1. The molecule has 2 amide bonds. The van der Waals surface area contributed by atoms with Gasteiger partial charge in [0.15, 0.2) is 0 Å².